The van der Waals surface area contributed by atoms with Crippen molar-refractivity contribution < 1.29 is 14.7 Å². The molecule has 0 bridgehead atoms. The fourth-order valence-corrected chi connectivity index (χ4v) is 2.08. The van der Waals surface area contributed by atoms with Crippen LogP contribution >= 0.6 is 11.3 Å². The fourth-order valence-electron chi connectivity index (χ4n) is 1.24. The number of aliphatic carboxylic acids is 1. The largest absolute Gasteiger partial charge is 0.480 e. The van der Waals surface area contributed by atoms with Gasteiger partial charge in [-0.2, -0.15) is 0 Å². The lowest BCUT2D eigenvalue weighted by Crippen LogP contribution is -2.41. The zero-order chi connectivity index (χ0) is 12.1. The van der Waals surface area contributed by atoms with Crippen LogP contribution in [0.15, 0.2) is 17.5 Å². The normalized spacial score (nSPS) is 14.1. The Labute approximate surface area is 98.3 Å². The van der Waals surface area contributed by atoms with Gasteiger partial charge in [0.15, 0.2) is 0 Å². The lowest BCUT2D eigenvalue weighted by atomic mass is 10.1. The predicted octanol–water partition coefficient (Wildman–Crippen LogP) is 1.52. The molecule has 1 rings (SSSR count). The minimum absolute atomic E-state index is 0.208. The van der Waals surface area contributed by atoms with Crippen molar-refractivity contribution in [3.05, 3.63) is 22.4 Å². The molecular weight excluding hydrogens is 226 g/mol. The second-order valence-corrected chi connectivity index (χ2v) is 4.79. The molecule has 2 atom stereocenters. The molecule has 4 nitrogen and oxygen atoms in total. The van der Waals surface area contributed by atoms with Crippen LogP contribution in [0.25, 0.3) is 0 Å². The van der Waals surface area contributed by atoms with Crippen LogP contribution < -0.4 is 5.32 Å². The number of carbonyl (C=O) groups is 2. The van der Waals surface area contributed by atoms with Gasteiger partial charge in [-0.1, -0.05) is 13.0 Å². The van der Waals surface area contributed by atoms with E-state index in [0.717, 1.165) is 4.88 Å². The molecule has 1 aromatic rings. The van der Waals surface area contributed by atoms with Gasteiger partial charge in [0.05, 0.1) is 0 Å². The summed E-state index contributed by atoms with van der Waals surface area (Å²) in [7, 11) is 0. The molecule has 0 saturated carbocycles. The lowest BCUT2D eigenvalue weighted by molar-refractivity contribution is -0.141. The van der Waals surface area contributed by atoms with Gasteiger partial charge in [-0.15, -0.1) is 11.3 Å². The molecule has 2 unspecified atom stereocenters. The number of carboxylic acid groups (broad SMARTS) is 1. The first-order chi connectivity index (χ1) is 7.50. The molecule has 0 saturated heterocycles. The maximum Gasteiger partial charge on any atom is 0.325 e. The van der Waals surface area contributed by atoms with Gasteiger partial charge in [-0.05, 0) is 24.8 Å². The van der Waals surface area contributed by atoms with E-state index < -0.39 is 12.0 Å². The summed E-state index contributed by atoms with van der Waals surface area (Å²) in [5.74, 6) is -1.44. The maximum absolute atomic E-state index is 11.6. The fraction of sp³-hybridized carbons (Fsp3) is 0.455. The van der Waals surface area contributed by atoms with E-state index in [4.69, 9.17) is 5.11 Å². The van der Waals surface area contributed by atoms with Crippen molar-refractivity contribution >= 4 is 23.2 Å². The first-order valence-electron chi connectivity index (χ1n) is 5.06. The van der Waals surface area contributed by atoms with Gasteiger partial charge in [0.1, 0.15) is 6.04 Å². The molecule has 5 heteroatoms. The molecule has 0 spiro atoms. The van der Waals surface area contributed by atoms with Crippen molar-refractivity contribution in [3.8, 4) is 0 Å². The molecule has 0 radical (unpaired) electrons. The van der Waals surface area contributed by atoms with Gasteiger partial charge < -0.3 is 10.4 Å². The Hall–Kier alpha value is -1.36. The first-order valence-corrected chi connectivity index (χ1v) is 5.94. The van der Waals surface area contributed by atoms with E-state index in [1.807, 2.05) is 17.5 Å². The highest BCUT2D eigenvalue weighted by Crippen LogP contribution is 2.14. The topological polar surface area (TPSA) is 66.4 Å². The summed E-state index contributed by atoms with van der Waals surface area (Å²) in [6, 6.07) is 3.07. The number of nitrogens with one attached hydrogen (secondary N) is 1. The quantitative estimate of drug-likeness (QED) is 0.821. The summed E-state index contributed by atoms with van der Waals surface area (Å²) in [5, 5.41) is 13.1. The molecule has 16 heavy (non-hydrogen) atoms. The summed E-state index contributed by atoms with van der Waals surface area (Å²) in [6.07, 6.45) is 0.649. The van der Waals surface area contributed by atoms with Crippen molar-refractivity contribution in [3.63, 3.8) is 0 Å². The van der Waals surface area contributed by atoms with Gasteiger partial charge in [0, 0.05) is 10.8 Å². The standard InChI is InChI=1S/C11H15NO3S/c1-7(6-9-4-3-5-16-9)10(13)12-8(2)11(14)15/h3-5,7-8H,6H2,1-2H3,(H,12,13)(H,14,15). The summed E-state index contributed by atoms with van der Waals surface area (Å²) >= 11 is 1.60. The predicted molar refractivity (Wildman–Crippen MR) is 62.4 cm³/mol. The number of carbonyl (C=O) groups excluding carboxylic acids is 1. The molecule has 0 aliphatic carbocycles. The average molecular weight is 241 g/mol. The maximum atomic E-state index is 11.6. The van der Waals surface area contributed by atoms with Crippen molar-refractivity contribution in [2.24, 2.45) is 5.92 Å². The average Bonchev–Trinajstić information content (AvgIpc) is 2.69. The van der Waals surface area contributed by atoms with Crippen LogP contribution in [0, 0.1) is 5.92 Å². The Morgan fingerprint density at radius 1 is 1.50 bits per heavy atom. The Kier molecular flexibility index (Phi) is 4.49. The summed E-state index contributed by atoms with van der Waals surface area (Å²) in [6.45, 7) is 3.25. The summed E-state index contributed by atoms with van der Waals surface area (Å²) < 4.78 is 0. The third kappa shape index (κ3) is 3.66. The molecule has 1 aromatic heterocycles. The zero-order valence-electron chi connectivity index (χ0n) is 9.27. The van der Waals surface area contributed by atoms with Crippen molar-refractivity contribution in [1.29, 1.82) is 0 Å². The molecule has 1 heterocycles. The van der Waals surface area contributed by atoms with E-state index in [-0.39, 0.29) is 11.8 Å². The van der Waals surface area contributed by atoms with Gasteiger partial charge in [-0.3, -0.25) is 9.59 Å². The first kappa shape index (κ1) is 12.7. The van der Waals surface area contributed by atoms with E-state index in [1.165, 1.54) is 6.92 Å². The minimum Gasteiger partial charge on any atom is -0.480 e. The number of thiophene rings is 1. The van der Waals surface area contributed by atoms with Crippen LogP contribution in [0.2, 0.25) is 0 Å². The third-order valence-corrected chi connectivity index (χ3v) is 3.16. The second-order valence-electron chi connectivity index (χ2n) is 3.75. The zero-order valence-corrected chi connectivity index (χ0v) is 10.1. The molecule has 0 aliphatic rings. The minimum atomic E-state index is -1.02. The lowest BCUT2D eigenvalue weighted by Gasteiger charge is -2.13. The van der Waals surface area contributed by atoms with Crippen molar-refractivity contribution in [2.75, 3.05) is 0 Å². The number of hydrogen-bond donors (Lipinski definition) is 2. The van der Waals surface area contributed by atoms with E-state index in [1.54, 1.807) is 18.3 Å². The van der Waals surface area contributed by atoms with Gasteiger partial charge in [-0.25, -0.2) is 0 Å². The summed E-state index contributed by atoms with van der Waals surface area (Å²) in [5.41, 5.74) is 0. The highest BCUT2D eigenvalue weighted by molar-refractivity contribution is 7.09. The molecule has 2 N–H and O–H groups in total. The molecule has 0 aromatic carbocycles. The van der Waals surface area contributed by atoms with Crippen LogP contribution in [0.3, 0.4) is 0 Å². The van der Waals surface area contributed by atoms with Crippen molar-refractivity contribution in [2.45, 2.75) is 26.3 Å². The van der Waals surface area contributed by atoms with Crippen molar-refractivity contribution in [1.82, 2.24) is 5.32 Å². The Morgan fingerprint density at radius 2 is 2.19 bits per heavy atom. The van der Waals surface area contributed by atoms with Gasteiger partial charge >= 0.3 is 5.97 Å². The Bertz CT molecular complexity index is 361. The highest BCUT2D eigenvalue weighted by atomic mass is 32.1. The number of amides is 1. The second kappa shape index (κ2) is 5.65. The Morgan fingerprint density at radius 3 is 2.69 bits per heavy atom. The number of carboxylic acids is 1. The third-order valence-electron chi connectivity index (χ3n) is 2.26. The number of hydrogen-bond acceptors (Lipinski definition) is 3. The van der Waals surface area contributed by atoms with E-state index in [2.05, 4.69) is 5.32 Å². The van der Waals surface area contributed by atoms with Crippen LogP contribution in [-0.4, -0.2) is 23.0 Å². The van der Waals surface area contributed by atoms with Gasteiger partial charge in [0.2, 0.25) is 5.91 Å². The molecule has 0 fully saturated rings. The van der Waals surface area contributed by atoms with Crippen LogP contribution in [0.1, 0.15) is 18.7 Å². The SMILES string of the molecule is CC(Cc1cccs1)C(=O)NC(C)C(=O)O. The number of rotatable bonds is 5. The van der Waals surface area contributed by atoms with Crippen LogP contribution in [0.5, 0.6) is 0 Å². The Balaban J connectivity index is 2.45. The monoisotopic (exact) mass is 241 g/mol. The van der Waals surface area contributed by atoms with E-state index >= 15 is 0 Å². The molecular formula is C11H15NO3S. The van der Waals surface area contributed by atoms with E-state index in [0.29, 0.717) is 6.42 Å². The highest BCUT2D eigenvalue weighted by Gasteiger charge is 2.19. The smallest absolute Gasteiger partial charge is 0.325 e. The van der Waals surface area contributed by atoms with E-state index in [9.17, 15) is 9.59 Å². The van der Waals surface area contributed by atoms with Crippen LogP contribution in [0.4, 0.5) is 0 Å². The van der Waals surface area contributed by atoms with Gasteiger partial charge in [0.25, 0.3) is 0 Å². The molecule has 0 aliphatic heterocycles. The molecule has 88 valence electrons. The summed E-state index contributed by atoms with van der Waals surface area (Å²) in [4.78, 5) is 23.3. The van der Waals surface area contributed by atoms with Crippen LogP contribution in [-0.2, 0) is 16.0 Å². The molecule has 1 amide bonds.